The minimum atomic E-state index is -3.91. The Balaban J connectivity index is 3.08. The number of hydrogen-bond donors (Lipinski definition) is 2. The van der Waals surface area contributed by atoms with Gasteiger partial charge in [0.1, 0.15) is 5.82 Å². The number of carbonyl (C=O) groups excluding carboxylic acids is 3. The molecule has 3 amide bonds. The number of halogens is 1. The largest absolute Gasteiger partial charge is 0.449 e. The highest BCUT2D eigenvalue weighted by Crippen LogP contribution is 2.20. The number of hydrogen-bond acceptors (Lipinski definition) is 6. The molecule has 2 N–H and O–H groups in total. The van der Waals surface area contributed by atoms with Gasteiger partial charge in [-0.25, -0.2) is 22.4 Å². The van der Waals surface area contributed by atoms with Crippen molar-refractivity contribution in [2.45, 2.75) is 31.8 Å². The zero-order valence-electron chi connectivity index (χ0n) is 15.4. The Labute approximate surface area is 156 Å². The van der Waals surface area contributed by atoms with Gasteiger partial charge < -0.3 is 10.1 Å². The van der Waals surface area contributed by atoms with Crippen LogP contribution in [0.15, 0.2) is 23.1 Å². The summed E-state index contributed by atoms with van der Waals surface area (Å²) in [5.74, 6) is -3.16. The lowest BCUT2D eigenvalue weighted by atomic mass is 10.2. The van der Waals surface area contributed by atoms with Crippen molar-refractivity contribution in [1.29, 1.82) is 0 Å². The molecule has 0 aliphatic heterocycles. The third-order valence-corrected chi connectivity index (χ3v) is 5.66. The SMILES string of the molecule is CCN(CC)S(=O)(=O)c1ccc(F)c(C(=O)O[C@@H](C)C(=O)NC(=O)NC)c1. The van der Waals surface area contributed by atoms with Crippen molar-refractivity contribution in [3.05, 3.63) is 29.6 Å². The smallest absolute Gasteiger partial charge is 0.341 e. The maximum absolute atomic E-state index is 14.0. The van der Waals surface area contributed by atoms with Crippen LogP contribution in [0.3, 0.4) is 0 Å². The Bertz CT molecular complexity index is 823. The first kappa shape index (κ1) is 22.5. The number of imide groups is 1. The van der Waals surface area contributed by atoms with Gasteiger partial charge in [-0.1, -0.05) is 13.8 Å². The molecule has 0 aliphatic rings. The van der Waals surface area contributed by atoms with Gasteiger partial charge in [0.2, 0.25) is 10.0 Å². The Morgan fingerprint density at radius 1 is 1.22 bits per heavy atom. The van der Waals surface area contributed by atoms with Crippen molar-refractivity contribution in [2.24, 2.45) is 0 Å². The molecule has 27 heavy (non-hydrogen) atoms. The summed E-state index contributed by atoms with van der Waals surface area (Å²) in [4.78, 5) is 34.7. The molecular formula is C16H22FN3O6S. The van der Waals surface area contributed by atoms with Crippen LogP contribution in [0.5, 0.6) is 0 Å². The van der Waals surface area contributed by atoms with Crippen LogP contribution in [0.25, 0.3) is 0 Å². The molecule has 0 saturated heterocycles. The first-order valence-corrected chi connectivity index (χ1v) is 9.55. The number of carbonyl (C=O) groups is 3. The monoisotopic (exact) mass is 403 g/mol. The van der Waals surface area contributed by atoms with E-state index in [0.717, 1.165) is 22.5 Å². The predicted octanol–water partition coefficient (Wildman–Crippen LogP) is 0.857. The summed E-state index contributed by atoms with van der Waals surface area (Å²) in [6.45, 7) is 4.88. The molecule has 1 atom stereocenters. The molecule has 0 aliphatic carbocycles. The van der Waals surface area contributed by atoms with E-state index in [-0.39, 0.29) is 18.0 Å². The summed E-state index contributed by atoms with van der Waals surface area (Å²) >= 11 is 0. The number of nitrogens with one attached hydrogen (secondary N) is 2. The third-order valence-electron chi connectivity index (χ3n) is 3.62. The topological polar surface area (TPSA) is 122 Å². The lowest BCUT2D eigenvalue weighted by Crippen LogP contribution is -2.43. The van der Waals surface area contributed by atoms with Gasteiger partial charge in [0.15, 0.2) is 6.10 Å². The van der Waals surface area contributed by atoms with Crippen LogP contribution in [0.2, 0.25) is 0 Å². The van der Waals surface area contributed by atoms with Crippen molar-refractivity contribution in [2.75, 3.05) is 20.1 Å². The Hall–Kier alpha value is -2.53. The predicted molar refractivity (Wildman–Crippen MR) is 94.0 cm³/mol. The maximum Gasteiger partial charge on any atom is 0.341 e. The van der Waals surface area contributed by atoms with Crippen LogP contribution < -0.4 is 10.6 Å². The van der Waals surface area contributed by atoms with Crippen LogP contribution in [0.4, 0.5) is 9.18 Å². The van der Waals surface area contributed by atoms with Gasteiger partial charge in [-0.05, 0) is 25.1 Å². The molecule has 150 valence electrons. The minimum absolute atomic E-state index is 0.201. The van der Waals surface area contributed by atoms with E-state index in [4.69, 9.17) is 4.74 Å². The van der Waals surface area contributed by atoms with E-state index >= 15 is 0 Å². The normalized spacial score (nSPS) is 12.4. The molecule has 0 saturated carbocycles. The van der Waals surface area contributed by atoms with Crippen molar-refractivity contribution in [1.82, 2.24) is 14.9 Å². The standard InChI is InChI=1S/C16H22FN3O6S/c1-5-20(6-2)27(24,25)11-7-8-13(17)12(9-11)15(22)26-10(3)14(21)19-16(23)18-4/h7-10H,5-6H2,1-4H3,(H2,18,19,21,23)/t10-/m0/s1. The van der Waals surface area contributed by atoms with E-state index in [1.807, 2.05) is 5.32 Å². The molecule has 9 nitrogen and oxygen atoms in total. The molecule has 0 heterocycles. The van der Waals surface area contributed by atoms with Gasteiger partial charge in [-0.2, -0.15) is 4.31 Å². The fourth-order valence-corrected chi connectivity index (χ4v) is 3.57. The average Bonchev–Trinajstić information content (AvgIpc) is 2.62. The second-order valence-electron chi connectivity index (χ2n) is 5.35. The van der Waals surface area contributed by atoms with E-state index in [1.165, 1.54) is 14.0 Å². The Kier molecular flexibility index (Phi) is 7.85. The summed E-state index contributed by atoms with van der Waals surface area (Å²) < 4.78 is 45.0. The van der Waals surface area contributed by atoms with E-state index in [9.17, 15) is 27.2 Å². The zero-order valence-corrected chi connectivity index (χ0v) is 16.2. The van der Waals surface area contributed by atoms with Crippen LogP contribution in [-0.4, -0.2) is 56.9 Å². The molecule has 0 spiro atoms. The molecule has 0 fully saturated rings. The molecule has 1 aromatic rings. The second kappa shape index (κ2) is 9.42. The van der Waals surface area contributed by atoms with Crippen molar-refractivity contribution in [3.63, 3.8) is 0 Å². The number of ether oxygens (including phenoxy) is 1. The molecule has 0 unspecified atom stereocenters. The van der Waals surface area contributed by atoms with Crippen LogP contribution >= 0.6 is 0 Å². The molecular weight excluding hydrogens is 381 g/mol. The van der Waals surface area contributed by atoms with Crippen LogP contribution in [-0.2, 0) is 19.6 Å². The number of rotatable bonds is 7. The Morgan fingerprint density at radius 3 is 2.33 bits per heavy atom. The summed E-state index contributed by atoms with van der Waals surface area (Å²) in [5, 5.41) is 4.05. The first-order chi connectivity index (χ1) is 12.6. The number of amides is 3. The fourth-order valence-electron chi connectivity index (χ4n) is 2.09. The number of sulfonamides is 1. The zero-order chi connectivity index (χ0) is 20.8. The van der Waals surface area contributed by atoms with E-state index in [2.05, 4.69) is 5.32 Å². The summed E-state index contributed by atoms with van der Waals surface area (Å²) in [6.07, 6.45) is -1.41. The highest BCUT2D eigenvalue weighted by atomic mass is 32.2. The number of nitrogens with zero attached hydrogens (tertiary/aromatic N) is 1. The van der Waals surface area contributed by atoms with Gasteiger partial charge in [-0.3, -0.25) is 10.1 Å². The molecule has 0 radical (unpaired) electrons. The van der Waals surface area contributed by atoms with Gasteiger partial charge >= 0.3 is 12.0 Å². The molecule has 11 heteroatoms. The van der Waals surface area contributed by atoms with Crippen molar-refractivity contribution < 1.29 is 31.9 Å². The number of esters is 1. The quantitative estimate of drug-likeness (QED) is 0.651. The first-order valence-electron chi connectivity index (χ1n) is 8.11. The van der Waals surface area contributed by atoms with Crippen molar-refractivity contribution >= 4 is 27.9 Å². The van der Waals surface area contributed by atoms with Crippen molar-refractivity contribution in [3.8, 4) is 0 Å². The molecule has 0 bridgehead atoms. The molecule has 0 aromatic heterocycles. The summed E-state index contributed by atoms with van der Waals surface area (Å²) in [7, 11) is -2.62. The highest BCUT2D eigenvalue weighted by molar-refractivity contribution is 7.89. The maximum atomic E-state index is 14.0. The summed E-state index contributed by atoms with van der Waals surface area (Å²) in [5.41, 5.74) is -0.636. The molecule has 1 rings (SSSR count). The van der Waals surface area contributed by atoms with Gasteiger partial charge in [0, 0.05) is 20.1 Å². The average molecular weight is 403 g/mol. The van der Waals surface area contributed by atoms with E-state index < -0.39 is 45.4 Å². The van der Waals surface area contributed by atoms with Crippen LogP contribution in [0, 0.1) is 5.82 Å². The number of benzene rings is 1. The minimum Gasteiger partial charge on any atom is -0.449 e. The van der Waals surface area contributed by atoms with Gasteiger partial charge in [0.05, 0.1) is 10.5 Å². The van der Waals surface area contributed by atoms with Gasteiger partial charge in [-0.15, -0.1) is 0 Å². The number of urea groups is 1. The van der Waals surface area contributed by atoms with Crippen LogP contribution in [0.1, 0.15) is 31.1 Å². The summed E-state index contributed by atoms with van der Waals surface area (Å²) in [6, 6.07) is 1.93. The Morgan fingerprint density at radius 2 is 1.81 bits per heavy atom. The lowest BCUT2D eigenvalue weighted by Gasteiger charge is -2.19. The van der Waals surface area contributed by atoms with E-state index in [1.54, 1.807) is 13.8 Å². The lowest BCUT2D eigenvalue weighted by molar-refractivity contribution is -0.127. The highest BCUT2D eigenvalue weighted by Gasteiger charge is 2.26. The van der Waals surface area contributed by atoms with E-state index in [0.29, 0.717) is 0 Å². The molecule has 1 aromatic carbocycles. The fraction of sp³-hybridized carbons (Fsp3) is 0.438. The third kappa shape index (κ3) is 5.47. The van der Waals surface area contributed by atoms with Gasteiger partial charge in [0.25, 0.3) is 5.91 Å². The second-order valence-corrected chi connectivity index (χ2v) is 7.28.